The number of aliphatic hydroxyl groups is 1. The molecule has 2 aromatic heterocycles. The van der Waals surface area contributed by atoms with Gasteiger partial charge in [0.1, 0.15) is 17.8 Å². The van der Waals surface area contributed by atoms with Gasteiger partial charge in [0, 0.05) is 42.3 Å². The van der Waals surface area contributed by atoms with Crippen LogP contribution in [0.1, 0.15) is 69.2 Å². The summed E-state index contributed by atoms with van der Waals surface area (Å²) in [4.78, 5) is 56.1. The Morgan fingerprint density at radius 2 is 1.69 bits per heavy atom. The van der Waals surface area contributed by atoms with Gasteiger partial charge in [-0.25, -0.2) is 15.0 Å². The number of hydrogen-bond acceptors (Lipinski definition) is 9. The molecule has 1 unspecified atom stereocenters. The number of carbonyl (C=O) groups is 3. The Hall–Kier alpha value is -4.94. The Balaban J connectivity index is 1.33. The summed E-state index contributed by atoms with van der Waals surface area (Å²) < 4.78 is 6.13. The lowest BCUT2D eigenvalue weighted by Crippen LogP contribution is -2.60. The Morgan fingerprint density at radius 1 is 0.962 bits per heavy atom. The smallest absolute Gasteiger partial charge is 0.316 e. The molecule has 1 saturated heterocycles. The summed E-state index contributed by atoms with van der Waals surface area (Å²) in [6.45, 7) is 11.9. The van der Waals surface area contributed by atoms with Gasteiger partial charge >= 0.3 is 6.01 Å². The fourth-order valence-electron chi connectivity index (χ4n) is 6.40. The molecule has 0 bridgehead atoms. The average Bonchev–Trinajstić information content (AvgIpc) is 3.10. The average molecular weight is 710 g/mol. The van der Waals surface area contributed by atoms with Crippen molar-refractivity contribution >= 4 is 28.6 Å². The third-order valence-corrected chi connectivity index (χ3v) is 9.09. The first-order valence-corrected chi connectivity index (χ1v) is 18.0. The Morgan fingerprint density at radius 3 is 2.40 bits per heavy atom. The van der Waals surface area contributed by atoms with Gasteiger partial charge in [0.2, 0.25) is 11.8 Å². The van der Waals surface area contributed by atoms with Gasteiger partial charge in [-0.05, 0) is 70.2 Å². The number of amides is 3. The fraction of sp³-hybridized carbons (Fsp3) is 0.450. The molecule has 276 valence electrons. The van der Waals surface area contributed by atoms with Crippen molar-refractivity contribution in [2.24, 2.45) is 5.92 Å². The predicted octanol–water partition coefficient (Wildman–Crippen LogP) is 4.00. The molecule has 1 aliphatic rings. The lowest BCUT2D eigenvalue weighted by atomic mass is 9.94. The van der Waals surface area contributed by atoms with Gasteiger partial charge in [0.05, 0.1) is 23.7 Å². The number of carbonyl (C=O) groups excluding carboxylic acids is 3. The van der Waals surface area contributed by atoms with Crippen molar-refractivity contribution in [2.75, 3.05) is 13.1 Å². The highest BCUT2D eigenvalue weighted by Gasteiger charge is 2.38. The van der Waals surface area contributed by atoms with Gasteiger partial charge in [-0.2, -0.15) is 0 Å². The second kappa shape index (κ2) is 17.1. The van der Waals surface area contributed by atoms with Crippen LogP contribution in [0.15, 0.2) is 79.0 Å². The second-order valence-electron chi connectivity index (χ2n) is 15.0. The third-order valence-electron chi connectivity index (χ3n) is 9.09. The maximum Gasteiger partial charge on any atom is 0.316 e. The number of para-hydroxylation sites is 1. The molecule has 5 atom stereocenters. The summed E-state index contributed by atoms with van der Waals surface area (Å²) in [5.41, 5.74) is 2.12. The number of rotatable bonds is 13. The van der Waals surface area contributed by atoms with Crippen LogP contribution in [-0.4, -0.2) is 91.6 Å². The Labute approximate surface area is 305 Å². The number of nitrogens with zero attached hydrogens (tertiary/aromatic N) is 4. The van der Waals surface area contributed by atoms with Crippen LogP contribution in [0.4, 0.5) is 0 Å². The van der Waals surface area contributed by atoms with Crippen LogP contribution >= 0.6 is 0 Å². The van der Waals surface area contributed by atoms with Crippen LogP contribution < -0.4 is 20.7 Å². The largest absolute Gasteiger partial charge is 0.460 e. The van der Waals surface area contributed by atoms with Gasteiger partial charge in [-0.1, -0.05) is 68.4 Å². The summed E-state index contributed by atoms with van der Waals surface area (Å²) >= 11 is 0. The molecule has 0 aliphatic carbocycles. The van der Waals surface area contributed by atoms with Gasteiger partial charge in [-0.3, -0.25) is 19.3 Å². The summed E-state index contributed by atoms with van der Waals surface area (Å²) in [6, 6.07) is 20.4. The van der Waals surface area contributed by atoms with E-state index in [1.54, 1.807) is 18.3 Å². The second-order valence-corrected chi connectivity index (χ2v) is 15.0. The van der Waals surface area contributed by atoms with Crippen molar-refractivity contribution in [1.82, 2.24) is 35.8 Å². The number of hydrogen-bond donors (Lipinski definition) is 4. The third kappa shape index (κ3) is 10.5. The van der Waals surface area contributed by atoms with E-state index in [1.807, 2.05) is 107 Å². The molecule has 3 heterocycles. The maximum atomic E-state index is 14.0. The Kier molecular flexibility index (Phi) is 12.6. The van der Waals surface area contributed by atoms with Crippen molar-refractivity contribution in [1.29, 1.82) is 0 Å². The number of pyridine rings is 1. The first-order valence-electron chi connectivity index (χ1n) is 18.0. The number of aliphatic hydroxyl groups excluding tert-OH is 1. The Bertz CT molecular complexity index is 1830. The standard InChI is InChI=1S/C40H51N7O5/c1-25(2)35(45-36(49)31-17-16-28-14-10-11-15-30(28)43-31)38(51)44-32(22-27-12-8-7-9-13-27)34(48)24-47-21-19-29(52-39-41-20-18-26(3)42-39)23-33(47)37(50)46-40(4,5)6/h7-18,20,25,29,32-35,48H,19,21-24H2,1-6H3,(H,44,51)(H,45,49)(H,46,50)/t29-,32+,33?,34-,35+/m1/s1. The molecule has 5 rings (SSSR count). The highest BCUT2D eigenvalue weighted by Crippen LogP contribution is 2.24. The van der Waals surface area contributed by atoms with E-state index >= 15 is 0 Å². The molecular weight excluding hydrogens is 658 g/mol. The van der Waals surface area contributed by atoms with Gasteiger partial charge in [-0.15, -0.1) is 0 Å². The van der Waals surface area contributed by atoms with Crippen molar-refractivity contribution < 1.29 is 24.2 Å². The molecule has 52 heavy (non-hydrogen) atoms. The summed E-state index contributed by atoms with van der Waals surface area (Å²) in [5, 5.41) is 21.8. The molecule has 3 amide bonds. The van der Waals surface area contributed by atoms with Crippen molar-refractivity contribution in [3.8, 4) is 6.01 Å². The molecule has 1 aliphatic heterocycles. The first kappa shape index (κ1) is 38.3. The first-order chi connectivity index (χ1) is 24.8. The van der Waals surface area contributed by atoms with E-state index in [0.29, 0.717) is 31.3 Å². The highest BCUT2D eigenvalue weighted by molar-refractivity contribution is 5.98. The minimum atomic E-state index is -1.06. The molecule has 2 aromatic carbocycles. The number of aryl methyl sites for hydroxylation is 1. The number of ether oxygens (including phenoxy) is 1. The van der Waals surface area contributed by atoms with Crippen LogP contribution in [0.25, 0.3) is 10.9 Å². The SMILES string of the molecule is Cc1ccnc(O[C@@H]2CCN(C[C@@H](O)[C@H](Cc3ccccc3)NC(=O)[C@@H](NC(=O)c3ccc4ccccc4n3)C(C)C)C(C(=O)NC(C)(C)C)C2)n1. The summed E-state index contributed by atoms with van der Waals surface area (Å²) in [6.07, 6.45) is 1.57. The zero-order chi connectivity index (χ0) is 37.4. The molecule has 0 radical (unpaired) electrons. The van der Waals surface area contributed by atoms with E-state index in [9.17, 15) is 19.5 Å². The number of nitrogens with one attached hydrogen (secondary N) is 3. The van der Waals surface area contributed by atoms with E-state index in [-0.39, 0.29) is 36.2 Å². The number of benzene rings is 2. The molecular formula is C40H51N7O5. The number of β-amino-alcohol motifs (C(OH)–C–C–N with tert-alkyl or cyclic N) is 1. The van der Waals surface area contributed by atoms with Gasteiger partial charge in [0.15, 0.2) is 0 Å². The highest BCUT2D eigenvalue weighted by atomic mass is 16.5. The van der Waals surface area contributed by atoms with Crippen molar-refractivity contribution in [3.63, 3.8) is 0 Å². The number of piperidine rings is 1. The van der Waals surface area contributed by atoms with E-state index in [2.05, 4.69) is 30.9 Å². The fourth-order valence-corrected chi connectivity index (χ4v) is 6.40. The molecule has 1 fully saturated rings. The zero-order valence-electron chi connectivity index (χ0n) is 30.9. The van der Waals surface area contributed by atoms with E-state index in [4.69, 9.17) is 4.74 Å². The van der Waals surface area contributed by atoms with Crippen LogP contribution in [0, 0.1) is 12.8 Å². The summed E-state index contributed by atoms with van der Waals surface area (Å²) in [5.74, 6) is -1.32. The van der Waals surface area contributed by atoms with Crippen LogP contribution in [0.2, 0.25) is 0 Å². The molecule has 4 aromatic rings. The molecule has 4 N–H and O–H groups in total. The van der Waals surface area contributed by atoms with E-state index in [0.717, 1.165) is 16.6 Å². The van der Waals surface area contributed by atoms with Crippen molar-refractivity contribution in [3.05, 3.63) is 95.9 Å². The minimum absolute atomic E-state index is 0.118. The van der Waals surface area contributed by atoms with Crippen LogP contribution in [0.3, 0.4) is 0 Å². The normalized spacial score (nSPS) is 18.3. The van der Waals surface area contributed by atoms with E-state index in [1.165, 1.54) is 0 Å². The van der Waals surface area contributed by atoms with Crippen molar-refractivity contribution in [2.45, 2.75) is 96.7 Å². The monoisotopic (exact) mass is 709 g/mol. The number of aromatic nitrogens is 3. The number of likely N-dealkylation sites (tertiary alicyclic amines) is 1. The van der Waals surface area contributed by atoms with Crippen LogP contribution in [-0.2, 0) is 16.0 Å². The topological polar surface area (TPSA) is 159 Å². The number of fused-ring (bicyclic) bond motifs is 1. The van der Waals surface area contributed by atoms with Crippen LogP contribution in [0.5, 0.6) is 6.01 Å². The maximum absolute atomic E-state index is 14.0. The molecule has 0 saturated carbocycles. The minimum Gasteiger partial charge on any atom is -0.460 e. The lowest BCUT2D eigenvalue weighted by Gasteiger charge is -2.41. The summed E-state index contributed by atoms with van der Waals surface area (Å²) in [7, 11) is 0. The quantitative estimate of drug-likeness (QED) is 0.161. The lowest BCUT2D eigenvalue weighted by molar-refractivity contribution is -0.132. The molecule has 0 spiro atoms. The van der Waals surface area contributed by atoms with Gasteiger partial charge in [0.25, 0.3) is 5.91 Å². The van der Waals surface area contributed by atoms with E-state index < -0.39 is 41.6 Å². The molecule has 12 heteroatoms. The molecule has 12 nitrogen and oxygen atoms in total. The zero-order valence-corrected chi connectivity index (χ0v) is 30.9. The predicted molar refractivity (Wildman–Crippen MR) is 200 cm³/mol. The van der Waals surface area contributed by atoms with Gasteiger partial charge < -0.3 is 25.8 Å².